The summed E-state index contributed by atoms with van der Waals surface area (Å²) >= 11 is 0. The number of aromatic nitrogens is 1. The quantitative estimate of drug-likeness (QED) is 0.414. The standard InChI is InChI=1S/C27H26FN3O3/c28-20-6-8-21(9-7-20)30-12-14-31(15-13-30)26(27(32)33)24-17-29-25-11-10-22(16-23(24)25)34-18-19-4-2-1-3-5-19/h1-11,16-17,26,29H,12-15,18H2,(H,32,33). The first-order valence-electron chi connectivity index (χ1n) is 11.3. The first kappa shape index (κ1) is 22.0. The molecule has 1 atom stereocenters. The predicted octanol–water partition coefficient (Wildman–Crippen LogP) is 4.83. The number of fused-ring (bicyclic) bond motifs is 1. The van der Waals surface area contributed by atoms with E-state index in [9.17, 15) is 14.3 Å². The molecule has 0 saturated carbocycles. The zero-order valence-corrected chi connectivity index (χ0v) is 18.7. The summed E-state index contributed by atoms with van der Waals surface area (Å²) in [5.41, 5.74) is 3.61. The highest BCUT2D eigenvalue weighted by molar-refractivity contribution is 5.90. The van der Waals surface area contributed by atoms with Gasteiger partial charge in [0.05, 0.1) is 0 Å². The van der Waals surface area contributed by atoms with Crippen LogP contribution in [0.15, 0.2) is 79.0 Å². The topological polar surface area (TPSA) is 68.8 Å². The van der Waals surface area contributed by atoms with Crippen LogP contribution in [0, 0.1) is 5.82 Å². The van der Waals surface area contributed by atoms with Crippen molar-refractivity contribution >= 4 is 22.6 Å². The molecule has 1 unspecified atom stereocenters. The summed E-state index contributed by atoms with van der Waals surface area (Å²) in [6.07, 6.45) is 1.79. The number of aliphatic carboxylic acids is 1. The van der Waals surface area contributed by atoms with Crippen LogP contribution < -0.4 is 9.64 Å². The van der Waals surface area contributed by atoms with Gasteiger partial charge in [0, 0.05) is 54.5 Å². The Morgan fingerprint density at radius 2 is 1.74 bits per heavy atom. The minimum atomic E-state index is -0.883. The second-order valence-electron chi connectivity index (χ2n) is 8.47. The first-order chi connectivity index (χ1) is 16.6. The monoisotopic (exact) mass is 459 g/mol. The number of carboxylic acid groups (broad SMARTS) is 1. The van der Waals surface area contributed by atoms with Crippen LogP contribution in [0.25, 0.3) is 10.9 Å². The van der Waals surface area contributed by atoms with Gasteiger partial charge in [-0.05, 0) is 48.0 Å². The van der Waals surface area contributed by atoms with Crippen molar-refractivity contribution in [1.82, 2.24) is 9.88 Å². The molecule has 1 aliphatic heterocycles. The van der Waals surface area contributed by atoms with Gasteiger partial charge in [0.15, 0.2) is 0 Å². The average Bonchev–Trinajstić information content (AvgIpc) is 3.27. The summed E-state index contributed by atoms with van der Waals surface area (Å²) in [7, 11) is 0. The molecule has 174 valence electrons. The molecule has 0 amide bonds. The summed E-state index contributed by atoms with van der Waals surface area (Å²) in [6.45, 7) is 2.96. The SMILES string of the molecule is O=C(O)C(c1c[nH]c2ccc(OCc3ccccc3)cc12)N1CCN(c2ccc(F)cc2)CC1. The number of anilines is 1. The van der Waals surface area contributed by atoms with Crippen molar-refractivity contribution in [2.45, 2.75) is 12.6 Å². The van der Waals surface area contributed by atoms with Gasteiger partial charge < -0.3 is 19.7 Å². The fourth-order valence-corrected chi connectivity index (χ4v) is 4.55. The molecule has 2 heterocycles. The van der Waals surface area contributed by atoms with E-state index < -0.39 is 12.0 Å². The van der Waals surface area contributed by atoms with E-state index in [1.165, 1.54) is 12.1 Å². The normalized spacial score (nSPS) is 15.4. The number of carbonyl (C=O) groups is 1. The largest absolute Gasteiger partial charge is 0.489 e. The molecular weight excluding hydrogens is 433 g/mol. The zero-order chi connectivity index (χ0) is 23.5. The minimum absolute atomic E-state index is 0.264. The molecule has 5 rings (SSSR count). The first-order valence-corrected chi connectivity index (χ1v) is 11.3. The third-order valence-electron chi connectivity index (χ3n) is 6.33. The fraction of sp³-hybridized carbons (Fsp3) is 0.222. The second kappa shape index (κ2) is 9.57. The van der Waals surface area contributed by atoms with Crippen molar-refractivity contribution in [3.8, 4) is 5.75 Å². The number of piperazine rings is 1. The highest BCUT2D eigenvalue weighted by atomic mass is 19.1. The Balaban J connectivity index is 1.34. The van der Waals surface area contributed by atoms with Crippen LogP contribution in [-0.2, 0) is 11.4 Å². The lowest BCUT2D eigenvalue weighted by Crippen LogP contribution is -2.49. The molecule has 0 bridgehead atoms. The Morgan fingerprint density at radius 3 is 2.44 bits per heavy atom. The van der Waals surface area contributed by atoms with Crippen molar-refractivity contribution in [3.05, 3.63) is 95.9 Å². The number of H-pyrrole nitrogens is 1. The van der Waals surface area contributed by atoms with Gasteiger partial charge in [0.2, 0.25) is 0 Å². The van der Waals surface area contributed by atoms with Crippen molar-refractivity contribution in [2.75, 3.05) is 31.1 Å². The number of benzene rings is 3. The van der Waals surface area contributed by atoms with Crippen molar-refractivity contribution in [3.63, 3.8) is 0 Å². The molecule has 2 N–H and O–H groups in total. The van der Waals surface area contributed by atoms with Gasteiger partial charge in [0.1, 0.15) is 24.2 Å². The third kappa shape index (κ3) is 4.61. The number of hydrogen-bond acceptors (Lipinski definition) is 4. The smallest absolute Gasteiger partial charge is 0.325 e. The summed E-state index contributed by atoms with van der Waals surface area (Å²) in [5, 5.41) is 11.0. The highest BCUT2D eigenvalue weighted by Crippen LogP contribution is 2.32. The highest BCUT2D eigenvalue weighted by Gasteiger charge is 2.32. The lowest BCUT2D eigenvalue weighted by Gasteiger charge is -2.38. The molecule has 1 aliphatic rings. The number of nitrogens with one attached hydrogen (secondary N) is 1. The zero-order valence-electron chi connectivity index (χ0n) is 18.7. The molecule has 3 aromatic carbocycles. The van der Waals surface area contributed by atoms with Crippen LogP contribution in [0.2, 0.25) is 0 Å². The maximum atomic E-state index is 13.3. The molecule has 6 nitrogen and oxygen atoms in total. The van der Waals surface area contributed by atoms with Gasteiger partial charge in [-0.2, -0.15) is 0 Å². The lowest BCUT2D eigenvalue weighted by atomic mass is 10.0. The van der Waals surface area contributed by atoms with Gasteiger partial charge in [-0.1, -0.05) is 30.3 Å². The van der Waals surface area contributed by atoms with Crippen LogP contribution in [0.1, 0.15) is 17.2 Å². The number of carboxylic acids is 1. The maximum absolute atomic E-state index is 13.3. The van der Waals surface area contributed by atoms with Crippen molar-refractivity contribution < 1.29 is 19.0 Å². The van der Waals surface area contributed by atoms with E-state index in [1.54, 1.807) is 18.3 Å². The van der Waals surface area contributed by atoms with Gasteiger partial charge >= 0.3 is 5.97 Å². The summed E-state index contributed by atoms with van der Waals surface area (Å²) < 4.78 is 19.2. The Morgan fingerprint density at radius 1 is 1.00 bits per heavy atom. The summed E-state index contributed by atoms with van der Waals surface area (Å²) in [5.74, 6) is -0.450. The Hall–Kier alpha value is -3.84. The minimum Gasteiger partial charge on any atom is -0.489 e. The molecule has 0 radical (unpaired) electrons. The van der Waals surface area contributed by atoms with E-state index in [0.29, 0.717) is 38.5 Å². The Bertz CT molecular complexity index is 1270. The van der Waals surface area contributed by atoms with E-state index in [2.05, 4.69) is 9.88 Å². The van der Waals surface area contributed by atoms with Crippen LogP contribution >= 0.6 is 0 Å². The molecule has 4 aromatic rings. The number of hydrogen-bond donors (Lipinski definition) is 2. The van der Waals surface area contributed by atoms with Crippen molar-refractivity contribution in [2.24, 2.45) is 0 Å². The number of halogens is 1. The maximum Gasteiger partial charge on any atom is 0.325 e. The second-order valence-corrected chi connectivity index (χ2v) is 8.47. The fourth-order valence-electron chi connectivity index (χ4n) is 4.55. The number of ether oxygens (including phenoxy) is 1. The van der Waals surface area contributed by atoms with Gasteiger partial charge in [-0.15, -0.1) is 0 Å². The molecule has 1 fully saturated rings. The van der Waals surface area contributed by atoms with E-state index in [-0.39, 0.29) is 5.82 Å². The molecule has 0 aliphatic carbocycles. The molecule has 7 heteroatoms. The van der Waals surface area contributed by atoms with Gasteiger partial charge in [-0.3, -0.25) is 9.69 Å². The molecule has 0 spiro atoms. The average molecular weight is 460 g/mol. The van der Waals surface area contributed by atoms with E-state index in [0.717, 1.165) is 27.7 Å². The van der Waals surface area contributed by atoms with E-state index in [1.807, 2.05) is 53.4 Å². The van der Waals surface area contributed by atoms with Gasteiger partial charge in [-0.25, -0.2) is 4.39 Å². The molecule has 34 heavy (non-hydrogen) atoms. The van der Waals surface area contributed by atoms with E-state index in [4.69, 9.17) is 4.74 Å². The van der Waals surface area contributed by atoms with Crippen LogP contribution in [0.3, 0.4) is 0 Å². The molecule has 1 aromatic heterocycles. The van der Waals surface area contributed by atoms with Crippen LogP contribution in [0.4, 0.5) is 10.1 Å². The van der Waals surface area contributed by atoms with Crippen LogP contribution in [-0.4, -0.2) is 47.1 Å². The molecular formula is C27H26FN3O3. The third-order valence-corrected chi connectivity index (χ3v) is 6.33. The van der Waals surface area contributed by atoms with Crippen LogP contribution in [0.5, 0.6) is 5.75 Å². The van der Waals surface area contributed by atoms with Gasteiger partial charge in [0.25, 0.3) is 0 Å². The van der Waals surface area contributed by atoms with E-state index >= 15 is 0 Å². The summed E-state index contributed by atoms with van der Waals surface area (Å²) in [6, 6.07) is 21.3. The molecule has 1 saturated heterocycles. The van der Waals surface area contributed by atoms with Crippen molar-refractivity contribution in [1.29, 1.82) is 0 Å². The Labute approximate surface area is 197 Å². The number of aromatic amines is 1. The predicted molar refractivity (Wildman–Crippen MR) is 130 cm³/mol. The number of rotatable bonds is 7. The number of nitrogens with zero attached hydrogens (tertiary/aromatic N) is 2. The Kier molecular flexibility index (Phi) is 6.18. The summed E-state index contributed by atoms with van der Waals surface area (Å²) in [4.78, 5) is 19.7. The lowest BCUT2D eigenvalue weighted by molar-refractivity contribution is -0.143.